The summed E-state index contributed by atoms with van der Waals surface area (Å²) in [7, 11) is 1.62. The monoisotopic (exact) mass is 522 g/mol. The number of carboxylic acids is 1. The fraction of sp³-hybridized carbons (Fsp3) is 0.469. The smallest absolute Gasteiger partial charge is 0.328 e. The molecule has 1 N–H and O–H groups in total. The summed E-state index contributed by atoms with van der Waals surface area (Å²) < 4.78 is 0. The lowest BCUT2D eigenvalue weighted by Crippen LogP contribution is -2.53. The highest BCUT2D eigenvalue weighted by molar-refractivity contribution is 5.94. The number of likely N-dealkylation sites (N-methyl/N-ethyl adjacent to an activating group) is 1. The molecule has 1 heterocycles. The molecule has 208 valence electrons. The number of aliphatic carboxylic acids is 1. The largest absolute Gasteiger partial charge is 0.478 e. The number of piperidine rings is 1. The molecule has 2 amide bonds. The van der Waals surface area contributed by atoms with Crippen molar-refractivity contribution >= 4 is 17.8 Å². The maximum atomic E-state index is 12.8. The van der Waals surface area contributed by atoms with Crippen molar-refractivity contribution in [2.24, 2.45) is 0 Å². The van der Waals surface area contributed by atoms with Gasteiger partial charge in [-0.1, -0.05) is 79.8 Å². The van der Waals surface area contributed by atoms with E-state index in [1.807, 2.05) is 6.08 Å². The van der Waals surface area contributed by atoms with Gasteiger partial charge in [-0.05, 0) is 64.2 Å². The molecule has 0 aromatic rings. The molecule has 1 saturated heterocycles. The van der Waals surface area contributed by atoms with Crippen molar-refractivity contribution in [2.45, 2.75) is 83.7 Å². The van der Waals surface area contributed by atoms with E-state index in [-0.39, 0.29) is 12.1 Å². The molecule has 6 heteroatoms. The third-order valence-electron chi connectivity index (χ3n) is 6.08. The van der Waals surface area contributed by atoms with Gasteiger partial charge in [-0.2, -0.15) is 0 Å². The standard InChI is InChI=1S/C32H46N2O4/c1-3-4-5-6-7-8-9-10-11-12-13-14-15-16-17-18-19-20-21-25-31(36)34-28-23-22-24-29(34)33(2)30(35)26-27-32(37)38/h4-5,7-8,10-11,13-14,16-17,19-20,26-27,29H,3,6,9,12,15,18,21-25,28H2,1-2H3,(H,37,38). The van der Waals surface area contributed by atoms with Crippen molar-refractivity contribution in [1.29, 1.82) is 0 Å². The van der Waals surface area contributed by atoms with Gasteiger partial charge in [0.05, 0.1) is 0 Å². The number of nitrogens with zero attached hydrogens (tertiary/aromatic N) is 2. The number of rotatable bonds is 17. The zero-order valence-corrected chi connectivity index (χ0v) is 23.2. The van der Waals surface area contributed by atoms with Gasteiger partial charge in [-0.25, -0.2) is 4.79 Å². The van der Waals surface area contributed by atoms with Crippen LogP contribution in [0.1, 0.15) is 77.6 Å². The van der Waals surface area contributed by atoms with Crippen LogP contribution in [0, 0.1) is 0 Å². The molecule has 6 nitrogen and oxygen atoms in total. The molecule has 1 rings (SSSR count). The molecule has 38 heavy (non-hydrogen) atoms. The van der Waals surface area contributed by atoms with E-state index >= 15 is 0 Å². The molecule has 0 aromatic heterocycles. The van der Waals surface area contributed by atoms with E-state index in [4.69, 9.17) is 5.11 Å². The maximum absolute atomic E-state index is 12.8. The number of amides is 2. The topological polar surface area (TPSA) is 77.9 Å². The van der Waals surface area contributed by atoms with E-state index in [1.165, 1.54) is 4.90 Å². The van der Waals surface area contributed by atoms with Crippen molar-refractivity contribution in [2.75, 3.05) is 13.6 Å². The van der Waals surface area contributed by atoms with Gasteiger partial charge in [0.25, 0.3) is 0 Å². The van der Waals surface area contributed by atoms with Crippen LogP contribution in [0.4, 0.5) is 0 Å². The summed E-state index contributed by atoms with van der Waals surface area (Å²) in [5.74, 6) is -1.55. The zero-order chi connectivity index (χ0) is 27.8. The molecule has 0 aliphatic carbocycles. The molecule has 0 bridgehead atoms. The van der Waals surface area contributed by atoms with Crippen LogP contribution in [0.3, 0.4) is 0 Å². The summed E-state index contributed by atoms with van der Waals surface area (Å²) in [5.41, 5.74) is 0. The second-order valence-electron chi connectivity index (χ2n) is 9.14. The SMILES string of the molecule is CCC=CCC=CCC=CCC=CCC=CCC=CCCC(=O)N1CCCCC1N(C)C(=O)C=CC(=O)O. The Morgan fingerprint density at radius 2 is 1.26 bits per heavy atom. The third kappa shape index (κ3) is 15.6. The molecule has 0 spiro atoms. The minimum Gasteiger partial charge on any atom is -0.478 e. The van der Waals surface area contributed by atoms with Crippen LogP contribution in [0.25, 0.3) is 0 Å². The van der Waals surface area contributed by atoms with Crippen molar-refractivity contribution in [3.63, 3.8) is 0 Å². The Morgan fingerprint density at radius 3 is 1.76 bits per heavy atom. The summed E-state index contributed by atoms with van der Waals surface area (Å²) in [6.45, 7) is 2.76. The summed E-state index contributed by atoms with van der Waals surface area (Å²) >= 11 is 0. The van der Waals surface area contributed by atoms with Crippen LogP contribution in [0.2, 0.25) is 0 Å². The zero-order valence-electron chi connectivity index (χ0n) is 23.2. The maximum Gasteiger partial charge on any atom is 0.328 e. The minimum absolute atomic E-state index is 0.0242. The van der Waals surface area contributed by atoms with Crippen molar-refractivity contribution < 1.29 is 19.5 Å². The minimum atomic E-state index is -1.17. The Kier molecular flexibility index (Phi) is 18.6. The molecular weight excluding hydrogens is 476 g/mol. The number of likely N-dealkylation sites (tertiary alicyclic amines) is 1. The Hall–Kier alpha value is -3.41. The number of hydrogen-bond donors (Lipinski definition) is 1. The number of allylic oxidation sites excluding steroid dienone is 12. The van der Waals surface area contributed by atoms with Crippen LogP contribution in [0.5, 0.6) is 0 Å². The molecule has 1 fully saturated rings. The van der Waals surface area contributed by atoms with Crippen LogP contribution < -0.4 is 0 Å². The van der Waals surface area contributed by atoms with E-state index in [9.17, 15) is 14.4 Å². The molecule has 0 radical (unpaired) electrons. The second-order valence-corrected chi connectivity index (χ2v) is 9.14. The molecule has 1 aliphatic heterocycles. The first-order chi connectivity index (χ1) is 18.5. The summed E-state index contributed by atoms with van der Waals surface area (Å²) in [6.07, 6.45) is 36.8. The average molecular weight is 523 g/mol. The first-order valence-electron chi connectivity index (χ1n) is 13.8. The lowest BCUT2D eigenvalue weighted by molar-refractivity contribution is -0.145. The Morgan fingerprint density at radius 1 is 0.763 bits per heavy atom. The normalized spacial score (nSPS) is 17.0. The molecule has 0 aromatic carbocycles. The summed E-state index contributed by atoms with van der Waals surface area (Å²) in [6, 6.07) is 0. The van der Waals surface area contributed by atoms with Crippen molar-refractivity contribution in [1.82, 2.24) is 9.80 Å². The van der Waals surface area contributed by atoms with Gasteiger partial charge in [-0.3, -0.25) is 9.59 Å². The van der Waals surface area contributed by atoms with E-state index in [0.29, 0.717) is 25.8 Å². The lowest BCUT2D eigenvalue weighted by Gasteiger charge is -2.40. The Bertz CT molecular complexity index is 908. The first kappa shape index (κ1) is 32.6. The number of hydrogen-bond acceptors (Lipinski definition) is 3. The van der Waals surface area contributed by atoms with Crippen LogP contribution in [0.15, 0.2) is 85.1 Å². The van der Waals surface area contributed by atoms with Crippen LogP contribution in [-0.4, -0.2) is 52.4 Å². The first-order valence-corrected chi connectivity index (χ1v) is 13.8. The number of carboxylic acid groups (broad SMARTS) is 1. The Balaban J connectivity index is 2.24. The molecule has 1 atom stereocenters. The van der Waals surface area contributed by atoms with Gasteiger partial charge in [0.15, 0.2) is 0 Å². The predicted molar refractivity (Wildman–Crippen MR) is 156 cm³/mol. The van der Waals surface area contributed by atoms with E-state index in [0.717, 1.165) is 63.5 Å². The average Bonchev–Trinajstić information content (AvgIpc) is 2.92. The van der Waals surface area contributed by atoms with Gasteiger partial charge >= 0.3 is 5.97 Å². The van der Waals surface area contributed by atoms with E-state index in [1.54, 1.807) is 11.9 Å². The van der Waals surface area contributed by atoms with Gasteiger partial charge in [0, 0.05) is 32.2 Å². The summed E-state index contributed by atoms with van der Waals surface area (Å²) in [4.78, 5) is 39.0. The van der Waals surface area contributed by atoms with E-state index < -0.39 is 11.9 Å². The van der Waals surface area contributed by atoms with Crippen LogP contribution in [-0.2, 0) is 14.4 Å². The molecular formula is C32H46N2O4. The van der Waals surface area contributed by atoms with Gasteiger partial charge in [-0.15, -0.1) is 0 Å². The predicted octanol–water partition coefficient (Wildman–Crippen LogP) is 6.90. The summed E-state index contributed by atoms with van der Waals surface area (Å²) in [5, 5.41) is 8.74. The lowest BCUT2D eigenvalue weighted by atomic mass is 10.1. The molecule has 0 saturated carbocycles. The number of carbonyl (C=O) groups excluding carboxylic acids is 2. The van der Waals surface area contributed by atoms with Crippen molar-refractivity contribution in [3.8, 4) is 0 Å². The third-order valence-corrected chi connectivity index (χ3v) is 6.08. The fourth-order valence-electron chi connectivity index (χ4n) is 4.00. The molecule has 1 unspecified atom stereocenters. The highest BCUT2D eigenvalue weighted by atomic mass is 16.4. The number of carbonyl (C=O) groups is 3. The Labute approximate surface area is 229 Å². The van der Waals surface area contributed by atoms with E-state index in [2.05, 4.69) is 73.8 Å². The highest BCUT2D eigenvalue weighted by Crippen LogP contribution is 2.21. The van der Waals surface area contributed by atoms with Gasteiger partial charge in [0.1, 0.15) is 6.17 Å². The quantitative estimate of drug-likeness (QED) is 0.166. The highest BCUT2D eigenvalue weighted by Gasteiger charge is 2.30. The van der Waals surface area contributed by atoms with Gasteiger partial charge in [0.2, 0.25) is 11.8 Å². The fourth-order valence-corrected chi connectivity index (χ4v) is 4.00. The molecule has 1 aliphatic rings. The van der Waals surface area contributed by atoms with Crippen molar-refractivity contribution in [3.05, 3.63) is 85.1 Å². The second kappa shape index (κ2) is 21.7. The van der Waals surface area contributed by atoms with Crippen LogP contribution >= 0.6 is 0 Å². The van der Waals surface area contributed by atoms with Gasteiger partial charge < -0.3 is 14.9 Å².